The zero-order chi connectivity index (χ0) is 30.2. The molecule has 7 aromatic carbocycles. The van der Waals surface area contributed by atoms with Crippen molar-refractivity contribution in [3.8, 4) is 11.4 Å². The first kappa shape index (κ1) is 25.1. The third-order valence-corrected chi connectivity index (χ3v) is 9.40. The van der Waals surface area contributed by atoms with Gasteiger partial charge in [0.15, 0.2) is 0 Å². The van der Waals surface area contributed by atoms with Gasteiger partial charge in [-0.2, -0.15) is 0 Å². The summed E-state index contributed by atoms with van der Waals surface area (Å²) in [6.45, 7) is 0. The van der Waals surface area contributed by atoms with Crippen molar-refractivity contribution in [1.82, 2.24) is 9.13 Å². The molecule has 1 aliphatic rings. The highest BCUT2D eigenvalue weighted by Crippen LogP contribution is 2.49. The van der Waals surface area contributed by atoms with E-state index < -0.39 is 0 Å². The minimum atomic E-state index is 1.06. The van der Waals surface area contributed by atoms with Crippen molar-refractivity contribution in [3.05, 3.63) is 164 Å². The first-order chi connectivity index (χ1) is 22.8. The number of hydrogen-bond acceptors (Lipinski definition) is 2. The quantitative estimate of drug-likeness (QED) is 0.222. The molecule has 10 rings (SSSR count). The SMILES string of the molecule is c1ccc(N2c3ccc(-n4c5ccccc5c5ccccc54)cc3Nc3cc(-n4c5ccccc5c5ccccc54)ccc32)cc1. The van der Waals surface area contributed by atoms with Crippen molar-refractivity contribution in [3.63, 3.8) is 0 Å². The van der Waals surface area contributed by atoms with Crippen molar-refractivity contribution in [1.29, 1.82) is 0 Å². The van der Waals surface area contributed by atoms with E-state index in [1.54, 1.807) is 0 Å². The van der Waals surface area contributed by atoms with E-state index in [4.69, 9.17) is 0 Å². The number of fused-ring (bicyclic) bond motifs is 8. The molecule has 3 heterocycles. The van der Waals surface area contributed by atoms with Gasteiger partial charge in [-0.25, -0.2) is 0 Å². The van der Waals surface area contributed by atoms with E-state index in [1.165, 1.54) is 43.6 Å². The van der Waals surface area contributed by atoms with Crippen LogP contribution in [0.4, 0.5) is 28.4 Å². The average molecular weight is 589 g/mol. The van der Waals surface area contributed by atoms with E-state index >= 15 is 0 Å². The van der Waals surface area contributed by atoms with Gasteiger partial charge < -0.3 is 19.4 Å². The molecule has 0 aliphatic carbocycles. The minimum Gasteiger partial charge on any atom is -0.352 e. The minimum absolute atomic E-state index is 1.06. The van der Waals surface area contributed by atoms with E-state index in [0.717, 1.165) is 39.8 Å². The number of hydrogen-bond donors (Lipinski definition) is 1. The lowest BCUT2D eigenvalue weighted by Gasteiger charge is -2.34. The Hall–Kier alpha value is -6.26. The summed E-state index contributed by atoms with van der Waals surface area (Å²) >= 11 is 0. The zero-order valence-corrected chi connectivity index (χ0v) is 24.9. The molecule has 0 bridgehead atoms. The van der Waals surface area contributed by atoms with Crippen LogP contribution in [0.3, 0.4) is 0 Å². The lowest BCUT2D eigenvalue weighted by atomic mass is 10.1. The Morgan fingerprint density at radius 3 is 1.11 bits per heavy atom. The van der Waals surface area contributed by atoms with Crippen LogP contribution in [0.2, 0.25) is 0 Å². The standard InChI is InChI=1S/C42H28N4/c1-2-12-28(13-3-1)44-41-24-22-29(45-37-18-8-4-14-31(37)32-15-5-9-19-38(32)45)26-35(41)43-36-27-30(23-25-42(36)44)46-39-20-10-6-16-33(39)34-17-7-11-21-40(34)46/h1-27,43H. The molecule has 1 N–H and O–H groups in total. The Balaban J connectivity index is 1.19. The molecule has 0 saturated carbocycles. The number of nitrogens with one attached hydrogen (secondary N) is 1. The van der Waals surface area contributed by atoms with Gasteiger partial charge in [0.05, 0.1) is 44.8 Å². The Morgan fingerprint density at radius 1 is 0.326 bits per heavy atom. The molecule has 1 aliphatic heterocycles. The van der Waals surface area contributed by atoms with Crippen molar-refractivity contribution < 1.29 is 0 Å². The maximum absolute atomic E-state index is 3.87. The predicted octanol–water partition coefficient (Wildman–Crippen LogP) is 11.4. The predicted molar refractivity (Wildman–Crippen MR) is 193 cm³/mol. The van der Waals surface area contributed by atoms with Gasteiger partial charge in [-0.3, -0.25) is 0 Å². The van der Waals surface area contributed by atoms with E-state index in [9.17, 15) is 0 Å². The van der Waals surface area contributed by atoms with Crippen LogP contribution in [0.5, 0.6) is 0 Å². The number of nitrogens with zero attached hydrogens (tertiary/aromatic N) is 3. The second-order valence-electron chi connectivity index (χ2n) is 11.9. The van der Waals surface area contributed by atoms with Crippen LogP contribution in [0.25, 0.3) is 55.0 Å². The van der Waals surface area contributed by atoms with Gasteiger partial charge in [-0.15, -0.1) is 0 Å². The lowest BCUT2D eigenvalue weighted by Crippen LogP contribution is -2.18. The molecule has 9 aromatic rings. The van der Waals surface area contributed by atoms with Crippen LogP contribution in [-0.2, 0) is 0 Å². The average Bonchev–Trinajstić information content (AvgIpc) is 3.64. The smallest absolute Gasteiger partial charge is 0.0699 e. The monoisotopic (exact) mass is 588 g/mol. The fourth-order valence-electron chi connectivity index (χ4n) is 7.45. The molecule has 0 saturated heterocycles. The van der Waals surface area contributed by atoms with Gasteiger partial charge in [0.1, 0.15) is 0 Å². The molecular weight excluding hydrogens is 560 g/mol. The number of para-hydroxylation sites is 5. The van der Waals surface area contributed by atoms with Crippen LogP contribution >= 0.6 is 0 Å². The number of rotatable bonds is 3. The fraction of sp³-hybridized carbons (Fsp3) is 0. The van der Waals surface area contributed by atoms with Crippen LogP contribution in [0, 0.1) is 0 Å². The molecule has 216 valence electrons. The Labute approximate surface area is 266 Å². The largest absolute Gasteiger partial charge is 0.352 e. The molecular formula is C42H28N4. The van der Waals surface area contributed by atoms with Crippen LogP contribution in [0.15, 0.2) is 164 Å². The second kappa shape index (κ2) is 9.62. The summed E-state index contributed by atoms with van der Waals surface area (Å²) < 4.78 is 4.76. The second-order valence-corrected chi connectivity index (χ2v) is 11.9. The summed E-state index contributed by atoms with van der Waals surface area (Å²) in [4.78, 5) is 2.37. The molecule has 2 aromatic heterocycles. The third kappa shape index (κ3) is 3.55. The third-order valence-electron chi connectivity index (χ3n) is 9.40. The topological polar surface area (TPSA) is 25.1 Å². The Morgan fingerprint density at radius 2 is 0.696 bits per heavy atom. The number of anilines is 5. The summed E-state index contributed by atoms with van der Waals surface area (Å²) in [7, 11) is 0. The molecule has 0 unspecified atom stereocenters. The molecule has 0 spiro atoms. The summed E-state index contributed by atoms with van der Waals surface area (Å²) in [5.41, 5.74) is 12.5. The zero-order valence-electron chi connectivity index (χ0n) is 24.9. The van der Waals surface area contributed by atoms with E-state index in [1.807, 2.05) is 0 Å². The van der Waals surface area contributed by atoms with Gasteiger partial charge in [-0.1, -0.05) is 91.0 Å². The van der Waals surface area contributed by atoms with Crippen molar-refractivity contribution in [2.45, 2.75) is 0 Å². The van der Waals surface area contributed by atoms with Crippen LogP contribution in [0.1, 0.15) is 0 Å². The summed E-state index contributed by atoms with van der Waals surface area (Å²) in [5.74, 6) is 0. The normalized spacial score (nSPS) is 12.5. The Kier molecular flexibility index (Phi) is 5.25. The summed E-state index contributed by atoms with van der Waals surface area (Å²) in [6.07, 6.45) is 0. The van der Waals surface area contributed by atoms with Gasteiger partial charge in [0.2, 0.25) is 0 Å². The van der Waals surface area contributed by atoms with Gasteiger partial charge in [-0.05, 0) is 72.8 Å². The van der Waals surface area contributed by atoms with Gasteiger partial charge in [0, 0.05) is 38.6 Å². The highest BCUT2D eigenvalue weighted by molar-refractivity contribution is 6.11. The summed E-state index contributed by atoms with van der Waals surface area (Å²) in [5, 5.41) is 8.91. The van der Waals surface area contributed by atoms with Crippen LogP contribution < -0.4 is 10.2 Å². The van der Waals surface area contributed by atoms with E-state index in [-0.39, 0.29) is 0 Å². The van der Waals surface area contributed by atoms with Crippen LogP contribution in [-0.4, -0.2) is 9.13 Å². The van der Waals surface area contributed by atoms with Crippen molar-refractivity contribution >= 4 is 72.0 Å². The van der Waals surface area contributed by atoms with Gasteiger partial charge in [0.25, 0.3) is 0 Å². The molecule has 0 fully saturated rings. The Bertz CT molecular complexity index is 2360. The maximum Gasteiger partial charge on any atom is 0.0699 e. The molecule has 4 nitrogen and oxygen atoms in total. The molecule has 0 atom stereocenters. The highest BCUT2D eigenvalue weighted by Gasteiger charge is 2.26. The first-order valence-corrected chi connectivity index (χ1v) is 15.7. The van der Waals surface area contributed by atoms with Crippen molar-refractivity contribution in [2.75, 3.05) is 10.2 Å². The highest BCUT2D eigenvalue weighted by atomic mass is 15.2. The lowest BCUT2D eigenvalue weighted by molar-refractivity contribution is 1.16. The summed E-state index contributed by atoms with van der Waals surface area (Å²) in [6, 6.07) is 58.9. The van der Waals surface area contributed by atoms with E-state index in [0.29, 0.717) is 0 Å². The molecule has 46 heavy (non-hydrogen) atoms. The maximum atomic E-state index is 3.87. The fourth-order valence-corrected chi connectivity index (χ4v) is 7.45. The number of benzene rings is 7. The van der Waals surface area contributed by atoms with Crippen molar-refractivity contribution in [2.24, 2.45) is 0 Å². The molecule has 4 heteroatoms. The van der Waals surface area contributed by atoms with E-state index in [2.05, 4.69) is 183 Å². The van der Waals surface area contributed by atoms with Gasteiger partial charge >= 0.3 is 0 Å². The first-order valence-electron chi connectivity index (χ1n) is 15.7. The number of aromatic nitrogens is 2. The molecule has 0 amide bonds. The molecule has 0 radical (unpaired) electrons.